The predicted molar refractivity (Wildman–Crippen MR) is 95.7 cm³/mol. The molecule has 1 fully saturated rings. The number of hydrogen-bond donors (Lipinski definition) is 1. The number of amides is 2. The van der Waals surface area contributed by atoms with E-state index in [0.717, 1.165) is 42.7 Å². The van der Waals surface area contributed by atoms with Gasteiger partial charge in [0, 0.05) is 24.6 Å². The van der Waals surface area contributed by atoms with Gasteiger partial charge < -0.3 is 10.2 Å². The van der Waals surface area contributed by atoms with Crippen molar-refractivity contribution in [1.29, 1.82) is 5.26 Å². The summed E-state index contributed by atoms with van der Waals surface area (Å²) in [5.41, 5.74) is 0.103. The van der Waals surface area contributed by atoms with Gasteiger partial charge in [0.1, 0.15) is 5.54 Å². The van der Waals surface area contributed by atoms with Crippen LogP contribution in [0.4, 0.5) is 5.69 Å². The quantitative estimate of drug-likeness (QED) is 0.830. The van der Waals surface area contributed by atoms with Gasteiger partial charge in [-0.25, -0.2) is 0 Å². The smallest absolute Gasteiger partial charge is 0.233 e. The van der Waals surface area contributed by atoms with Gasteiger partial charge in [-0.15, -0.1) is 11.8 Å². The van der Waals surface area contributed by atoms with E-state index in [9.17, 15) is 14.9 Å². The van der Waals surface area contributed by atoms with Crippen molar-refractivity contribution in [2.24, 2.45) is 0 Å². The Hall–Kier alpha value is -2.00. The molecule has 1 aliphatic carbocycles. The molecule has 0 saturated heterocycles. The van der Waals surface area contributed by atoms with E-state index in [1.54, 1.807) is 11.9 Å². The van der Waals surface area contributed by atoms with Crippen LogP contribution in [0.25, 0.3) is 0 Å². The largest absolute Gasteiger partial charge is 0.326 e. The molecule has 24 heavy (non-hydrogen) atoms. The number of rotatable bonds is 5. The fourth-order valence-electron chi connectivity index (χ4n) is 2.98. The first kappa shape index (κ1) is 18.3. The number of hydrogen-bond acceptors (Lipinski definition) is 4. The number of nitriles is 1. The molecule has 1 aromatic rings. The molecule has 0 aliphatic heterocycles. The minimum atomic E-state index is -0.634. The van der Waals surface area contributed by atoms with Crippen molar-refractivity contribution in [2.45, 2.75) is 49.5 Å². The van der Waals surface area contributed by atoms with Crippen LogP contribution >= 0.6 is 11.8 Å². The van der Waals surface area contributed by atoms with Crippen molar-refractivity contribution in [3.05, 3.63) is 24.3 Å². The van der Waals surface area contributed by atoms with E-state index >= 15 is 0 Å². The van der Waals surface area contributed by atoms with Gasteiger partial charge in [0.15, 0.2) is 0 Å². The molecular formula is C18H23N3O2S. The minimum absolute atomic E-state index is 0.0191. The molecule has 5 nitrogen and oxygen atoms in total. The number of benzene rings is 1. The highest BCUT2D eigenvalue weighted by molar-refractivity contribution is 8.00. The first-order chi connectivity index (χ1) is 11.5. The third kappa shape index (κ3) is 4.51. The monoisotopic (exact) mass is 345 g/mol. The Bertz CT molecular complexity index is 631. The van der Waals surface area contributed by atoms with Gasteiger partial charge >= 0.3 is 0 Å². The maximum atomic E-state index is 12.5. The summed E-state index contributed by atoms with van der Waals surface area (Å²) >= 11 is 1.44. The second-order valence-electron chi connectivity index (χ2n) is 6.15. The van der Waals surface area contributed by atoms with Crippen LogP contribution in [0.15, 0.2) is 29.2 Å². The molecule has 1 N–H and O–H groups in total. The predicted octanol–water partition coefficient (Wildman–Crippen LogP) is 3.42. The number of nitrogens with one attached hydrogen (secondary N) is 1. The molecule has 0 bridgehead atoms. The maximum Gasteiger partial charge on any atom is 0.233 e. The Labute approximate surface area is 147 Å². The molecule has 0 unspecified atom stereocenters. The number of carbonyl (C=O) groups is 2. The molecule has 128 valence electrons. The number of anilines is 1. The van der Waals surface area contributed by atoms with Gasteiger partial charge in [0.05, 0.1) is 11.8 Å². The lowest BCUT2D eigenvalue weighted by Gasteiger charge is -2.39. The summed E-state index contributed by atoms with van der Waals surface area (Å²) in [4.78, 5) is 26.1. The van der Waals surface area contributed by atoms with Crippen LogP contribution in [0.2, 0.25) is 0 Å². The fourth-order valence-corrected chi connectivity index (χ4v) is 3.79. The van der Waals surface area contributed by atoms with Crippen LogP contribution < -0.4 is 5.32 Å². The zero-order valence-corrected chi connectivity index (χ0v) is 15.0. The number of thioether (sulfide) groups is 1. The Balaban J connectivity index is 1.92. The zero-order valence-electron chi connectivity index (χ0n) is 14.2. The molecule has 2 rings (SSSR count). The molecule has 0 aromatic heterocycles. The second kappa shape index (κ2) is 8.20. The van der Waals surface area contributed by atoms with E-state index in [2.05, 4.69) is 11.4 Å². The standard InChI is InChI=1S/C18H23N3O2S/c1-14(22)20-15-6-8-16(9-7-15)24-12-17(23)21(2)18(13-19)10-4-3-5-11-18/h6-9H,3-5,10-12H2,1-2H3,(H,20,22). The molecule has 0 spiro atoms. The van der Waals surface area contributed by atoms with Crippen molar-refractivity contribution in [2.75, 3.05) is 18.1 Å². The van der Waals surface area contributed by atoms with Gasteiger partial charge in [0.2, 0.25) is 11.8 Å². The first-order valence-electron chi connectivity index (χ1n) is 8.15. The van der Waals surface area contributed by atoms with Crippen molar-refractivity contribution in [1.82, 2.24) is 4.90 Å². The molecule has 0 radical (unpaired) electrons. The number of carbonyl (C=O) groups excluding carboxylic acids is 2. The topological polar surface area (TPSA) is 73.2 Å². The van der Waals surface area contributed by atoms with Crippen molar-refractivity contribution in [3.63, 3.8) is 0 Å². The van der Waals surface area contributed by atoms with Crippen LogP contribution in [0.1, 0.15) is 39.0 Å². The van der Waals surface area contributed by atoms with Crippen LogP contribution in [0.3, 0.4) is 0 Å². The Morgan fingerprint density at radius 1 is 1.25 bits per heavy atom. The van der Waals surface area contributed by atoms with E-state index in [0.29, 0.717) is 5.75 Å². The lowest BCUT2D eigenvalue weighted by molar-refractivity contribution is -0.131. The van der Waals surface area contributed by atoms with Crippen molar-refractivity contribution < 1.29 is 9.59 Å². The zero-order chi connectivity index (χ0) is 17.6. The highest BCUT2D eigenvalue weighted by Crippen LogP contribution is 2.33. The summed E-state index contributed by atoms with van der Waals surface area (Å²) in [6.07, 6.45) is 4.68. The summed E-state index contributed by atoms with van der Waals surface area (Å²) in [5, 5.41) is 12.3. The van der Waals surface area contributed by atoms with E-state index in [4.69, 9.17) is 0 Å². The summed E-state index contributed by atoms with van der Waals surface area (Å²) in [6, 6.07) is 9.77. The summed E-state index contributed by atoms with van der Waals surface area (Å²) in [7, 11) is 1.75. The van der Waals surface area contributed by atoms with Gasteiger partial charge in [-0.1, -0.05) is 19.3 Å². The normalized spacial score (nSPS) is 16.0. The van der Waals surface area contributed by atoms with Gasteiger partial charge in [-0.3, -0.25) is 9.59 Å². The van der Waals surface area contributed by atoms with Gasteiger partial charge in [-0.05, 0) is 37.1 Å². The average molecular weight is 345 g/mol. The van der Waals surface area contributed by atoms with E-state index in [1.165, 1.54) is 18.7 Å². The molecular weight excluding hydrogens is 322 g/mol. The molecule has 2 amide bonds. The Morgan fingerprint density at radius 2 is 1.88 bits per heavy atom. The Morgan fingerprint density at radius 3 is 2.42 bits per heavy atom. The lowest BCUT2D eigenvalue weighted by atomic mass is 9.81. The summed E-state index contributed by atoms with van der Waals surface area (Å²) in [6.45, 7) is 1.47. The third-order valence-electron chi connectivity index (χ3n) is 4.44. The van der Waals surface area contributed by atoms with Crippen LogP contribution in [0.5, 0.6) is 0 Å². The van der Waals surface area contributed by atoms with Gasteiger partial charge in [0.25, 0.3) is 0 Å². The molecule has 1 aliphatic rings. The SMILES string of the molecule is CC(=O)Nc1ccc(SCC(=O)N(C)C2(C#N)CCCCC2)cc1. The molecule has 1 aromatic carbocycles. The summed E-state index contributed by atoms with van der Waals surface area (Å²) in [5.74, 6) is 0.176. The Kier molecular flexibility index (Phi) is 6.27. The van der Waals surface area contributed by atoms with E-state index < -0.39 is 5.54 Å². The second-order valence-corrected chi connectivity index (χ2v) is 7.20. The molecule has 0 heterocycles. The third-order valence-corrected chi connectivity index (χ3v) is 5.44. The molecule has 0 atom stereocenters. The molecule has 6 heteroatoms. The van der Waals surface area contributed by atoms with E-state index in [1.807, 2.05) is 24.3 Å². The number of nitrogens with zero attached hydrogens (tertiary/aromatic N) is 2. The van der Waals surface area contributed by atoms with Crippen LogP contribution in [0, 0.1) is 11.3 Å². The highest BCUT2D eigenvalue weighted by atomic mass is 32.2. The van der Waals surface area contributed by atoms with Crippen molar-refractivity contribution >= 4 is 29.3 Å². The lowest BCUT2D eigenvalue weighted by Crippen LogP contribution is -2.50. The van der Waals surface area contributed by atoms with Crippen molar-refractivity contribution in [3.8, 4) is 6.07 Å². The fraction of sp³-hybridized carbons (Fsp3) is 0.500. The van der Waals surface area contributed by atoms with Crippen LogP contribution in [-0.4, -0.2) is 35.1 Å². The van der Waals surface area contributed by atoms with Gasteiger partial charge in [-0.2, -0.15) is 5.26 Å². The van der Waals surface area contributed by atoms with E-state index in [-0.39, 0.29) is 11.8 Å². The van der Waals surface area contributed by atoms with Crippen LogP contribution in [-0.2, 0) is 9.59 Å². The average Bonchev–Trinajstić information content (AvgIpc) is 2.60. The highest BCUT2D eigenvalue weighted by Gasteiger charge is 2.38. The first-order valence-corrected chi connectivity index (χ1v) is 9.14. The summed E-state index contributed by atoms with van der Waals surface area (Å²) < 4.78 is 0. The maximum absolute atomic E-state index is 12.5. The molecule has 1 saturated carbocycles. The minimum Gasteiger partial charge on any atom is -0.326 e.